The summed E-state index contributed by atoms with van der Waals surface area (Å²) in [5, 5.41) is 3.29. The summed E-state index contributed by atoms with van der Waals surface area (Å²) in [4.78, 5) is 10.9. The van der Waals surface area contributed by atoms with Crippen LogP contribution in [0.1, 0.15) is 39.2 Å². The summed E-state index contributed by atoms with van der Waals surface area (Å²) >= 11 is 0. The fraction of sp³-hybridized carbons (Fsp3) is 0.533. The van der Waals surface area contributed by atoms with Crippen LogP contribution in [-0.4, -0.2) is 19.6 Å². The first-order valence-electron chi connectivity index (χ1n) is 6.34. The lowest BCUT2D eigenvalue weighted by Gasteiger charge is -2.19. The first-order chi connectivity index (χ1) is 8.43. The number of benzene rings is 1. The largest absolute Gasteiger partial charge is 0.469 e. The van der Waals surface area contributed by atoms with Crippen molar-refractivity contribution in [1.82, 2.24) is 0 Å². The highest BCUT2D eigenvalue weighted by atomic mass is 16.5. The van der Waals surface area contributed by atoms with Crippen LogP contribution in [-0.2, 0) is 14.9 Å². The van der Waals surface area contributed by atoms with Crippen LogP contribution in [0.4, 0.5) is 5.69 Å². The van der Waals surface area contributed by atoms with E-state index in [0.29, 0.717) is 6.42 Å². The second kappa shape index (κ2) is 6.43. The highest BCUT2D eigenvalue weighted by Crippen LogP contribution is 2.23. The molecule has 3 heteroatoms. The zero-order valence-electron chi connectivity index (χ0n) is 11.7. The Labute approximate surface area is 110 Å². The minimum absolute atomic E-state index is 0.153. The maximum Gasteiger partial charge on any atom is 0.305 e. The number of nitrogens with one attached hydrogen (secondary N) is 1. The number of carbonyl (C=O) groups excluding carboxylic acids is 1. The minimum Gasteiger partial charge on any atom is -0.469 e. The van der Waals surface area contributed by atoms with Crippen molar-refractivity contribution in [2.24, 2.45) is 0 Å². The lowest BCUT2D eigenvalue weighted by molar-refractivity contribution is -0.140. The molecule has 0 atom stereocenters. The molecule has 1 rings (SSSR count). The van der Waals surface area contributed by atoms with E-state index >= 15 is 0 Å². The van der Waals surface area contributed by atoms with Gasteiger partial charge in [-0.2, -0.15) is 0 Å². The van der Waals surface area contributed by atoms with Gasteiger partial charge in [0, 0.05) is 18.7 Å². The summed E-state index contributed by atoms with van der Waals surface area (Å²) in [5.74, 6) is -0.153. The molecule has 1 aromatic rings. The van der Waals surface area contributed by atoms with Crippen molar-refractivity contribution < 1.29 is 9.53 Å². The van der Waals surface area contributed by atoms with Gasteiger partial charge in [-0.1, -0.05) is 32.9 Å². The lowest BCUT2D eigenvalue weighted by atomic mass is 9.87. The van der Waals surface area contributed by atoms with Crippen molar-refractivity contribution in [1.29, 1.82) is 0 Å². The van der Waals surface area contributed by atoms with Gasteiger partial charge in [0.2, 0.25) is 0 Å². The predicted molar refractivity (Wildman–Crippen MR) is 74.9 cm³/mol. The third-order valence-corrected chi connectivity index (χ3v) is 2.87. The summed E-state index contributed by atoms with van der Waals surface area (Å²) in [5.41, 5.74) is 2.60. The van der Waals surface area contributed by atoms with E-state index in [1.165, 1.54) is 12.7 Å². The number of methoxy groups -OCH3 is 1. The molecule has 0 spiro atoms. The molecule has 0 aliphatic heterocycles. The molecule has 0 heterocycles. The zero-order valence-corrected chi connectivity index (χ0v) is 11.7. The van der Waals surface area contributed by atoms with E-state index in [0.717, 1.165) is 18.7 Å². The van der Waals surface area contributed by atoms with Crippen molar-refractivity contribution in [2.45, 2.75) is 39.0 Å². The molecule has 100 valence electrons. The Morgan fingerprint density at radius 2 is 1.83 bits per heavy atom. The molecule has 1 aromatic carbocycles. The van der Waals surface area contributed by atoms with E-state index in [-0.39, 0.29) is 11.4 Å². The maximum absolute atomic E-state index is 10.9. The van der Waals surface area contributed by atoms with E-state index in [2.05, 4.69) is 55.1 Å². The normalized spacial score (nSPS) is 11.1. The Kier molecular flexibility index (Phi) is 5.20. The number of anilines is 1. The molecule has 0 amide bonds. The molecule has 18 heavy (non-hydrogen) atoms. The third-order valence-electron chi connectivity index (χ3n) is 2.87. The number of rotatable bonds is 5. The van der Waals surface area contributed by atoms with Crippen LogP contribution in [0.15, 0.2) is 24.3 Å². The van der Waals surface area contributed by atoms with Gasteiger partial charge in [0.25, 0.3) is 0 Å². The Bertz CT molecular complexity index is 376. The van der Waals surface area contributed by atoms with Crippen LogP contribution >= 0.6 is 0 Å². The van der Waals surface area contributed by atoms with Crippen LogP contribution < -0.4 is 5.32 Å². The number of hydrogen-bond donors (Lipinski definition) is 1. The summed E-state index contributed by atoms with van der Waals surface area (Å²) in [6.07, 6.45) is 1.25. The summed E-state index contributed by atoms with van der Waals surface area (Å²) < 4.78 is 4.59. The third kappa shape index (κ3) is 4.78. The average molecular weight is 249 g/mol. The maximum atomic E-state index is 10.9. The fourth-order valence-corrected chi connectivity index (χ4v) is 1.66. The Hall–Kier alpha value is -1.51. The van der Waals surface area contributed by atoms with Gasteiger partial charge < -0.3 is 10.1 Å². The first kappa shape index (κ1) is 14.6. The van der Waals surface area contributed by atoms with Gasteiger partial charge in [-0.15, -0.1) is 0 Å². The Balaban J connectivity index is 2.38. The van der Waals surface area contributed by atoms with Gasteiger partial charge in [-0.3, -0.25) is 4.79 Å². The minimum atomic E-state index is -0.153. The molecule has 0 bridgehead atoms. The van der Waals surface area contributed by atoms with E-state index in [9.17, 15) is 4.79 Å². The summed E-state index contributed by atoms with van der Waals surface area (Å²) in [6.45, 7) is 7.38. The van der Waals surface area contributed by atoms with Gasteiger partial charge in [-0.05, 0) is 29.5 Å². The van der Waals surface area contributed by atoms with Crippen molar-refractivity contribution in [3.63, 3.8) is 0 Å². The van der Waals surface area contributed by atoms with Crippen LogP contribution in [0, 0.1) is 0 Å². The molecule has 0 unspecified atom stereocenters. The molecule has 0 aromatic heterocycles. The van der Waals surface area contributed by atoms with Crippen molar-refractivity contribution in [2.75, 3.05) is 19.0 Å². The lowest BCUT2D eigenvalue weighted by Crippen LogP contribution is -2.11. The molecule has 1 N–H and O–H groups in total. The average Bonchev–Trinajstić information content (AvgIpc) is 2.33. The van der Waals surface area contributed by atoms with Gasteiger partial charge in [0.05, 0.1) is 7.11 Å². The molecule has 0 fully saturated rings. The van der Waals surface area contributed by atoms with E-state index in [1.807, 2.05) is 0 Å². The molecule has 0 saturated heterocycles. The fourth-order valence-electron chi connectivity index (χ4n) is 1.66. The second-order valence-corrected chi connectivity index (χ2v) is 5.43. The van der Waals surface area contributed by atoms with Crippen LogP contribution in [0.25, 0.3) is 0 Å². The molecule has 0 saturated carbocycles. The zero-order chi connectivity index (χ0) is 13.6. The van der Waals surface area contributed by atoms with E-state index in [4.69, 9.17) is 0 Å². The number of carbonyl (C=O) groups is 1. The highest BCUT2D eigenvalue weighted by Gasteiger charge is 2.12. The van der Waals surface area contributed by atoms with Crippen LogP contribution in [0.3, 0.4) is 0 Å². The van der Waals surface area contributed by atoms with Gasteiger partial charge in [0.15, 0.2) is 0 Å². The predicted octanol–water partition coefficient (Wildman–Crippen LogP) is 3.35. The van der Waals surface area contributed by atoms with Crippen LogP contribution in [0.5, 0.6) is 0 Å². The smallest absolute Gasteiger partial charge is 0.305 e. The topological polar surface area (TPSA) is 38.3 Å². The SMILES string of the molecule is COC(=O)CCCNc1ccc(C(C)(C)C)cc1. The molecular formula is C15H23NO2. The Morgan fingerprint density at radius 3 is 2.33 bits per heavy atom. The van der Waals surface area contributed by atoms with E-state index in [1.54, 1.807) is 0 Å². The molecule has 3 nitrogen and oxygen atoms in total. The summed E-state index contributed by atoms with van der Waals surface area (Å²) in [6, 6.07) is 8.45. The monoisotopic (exact) mass is 249 g/mol. The number of esters is 1. The van der Waals surface area contributed by atoms with E-state index < -0.39 is 0 Å². The number of ether oxygens (including phenoxy) is 1. The van der Waals surface area contributed by atoms with Gasteiger partial charge in [0.1, 0.15) is 0 Å². The van der Waals surface area contributed by atoms with Crippen molar-refractivity contribution in [3.05, 3.63) is 29.8 Å². The van der Waals surface area contributed by atoms with Crippen molar-refractivity contribution >= 4 is 11.7 Å². The molecular weight excluding hydrogens is 226 g/mol. The highest BCUT2D eigenvalue weighted by molar-refractivity contribution is 5.69. The quantitative estimate of drug-likeness (QED) is 0.642. The number of hydrogen-bond acceptors (Lipinski definition) is 3. The molecule has 0 aliphatic rings. The molecule has 0 aliphatic carbocycles. The summed E-state index contributed by atoms with van der Waals surface area (Å²) in [7, 11) is 1.42. The Morgan fingerprint density at radius 1 is 1.22 bits per heavy atom. The van der Waals surface area contributed by atoms with Crippen molar-refractivity contribution in [3.8, 4) is 0 Å². The van der Waals surface area contributed by atoms with Gasteiger partial charge in [-0.25, -0.2) is 0 Å². The second-order valence-electron chi connectivity index (χ2n) is 5.43. The van der Waals surface area contributed by atoms with Gasteiger partial charge >= 0.3 is 5.97 Å². The standard InChI is InChI=1S/C15H23NO2/c1-15(2,3)12-7-9-13(10-8-12)16-11-5-6-14(17)18-4/h7-10,16H,5-6,11H2,1-4H3. The van der Waals surface area contributed by atoms with Crippen LogP contribution in [0.2, 0.25) is 0 Å². The molecule has 0 radical (unpaired) electrons. The first-order valence-corrected chi connectivity index (χ1v) is 6.34.